The van der Waals surface area contributed by atoms with E-state index in [1.807, 2.05) is 31.5 Å². The summed E-state index contributed by atoms with van der Waals surface area (Å²) in [6.07, 6.45) is 2.42. The summed E-state index contributed by atoms with van der Waals surface area (Å²) in [5, 5.41) is 7.50. The summed E-state index contributed by atoms with van der Waals surface area (Å²) in [4.78, 5) is 12.2. The first-order valence-electron chi connectivity index (χ1n) is 7.01. The number of amides is 1. The van der Waals surface area contributed by atoms with Crippen LogP contribution in [0.1, 0.15) is 76.5 Å². The predicted molar refractivity (Wildman–Crippen MR) is 76.4 cm³/mol. The summed E-state index contributed by atoms with van der Waals surface area (Å²) >= 11 is 0. The molecule has 0 aliphatic heterocycles. The van der Waals surface area contributed by atoms with Crippen LogP contribution in [-0.4, -0.2) is 21.2 Å². The average molecular weight is 263 g/mol. The number of hydrogen-bond acceptors (Lipinski definition) is 2. The zero-order valence-electron chi connectivity index (χ0n) is 12.9. The lowest BCUT2D eigenvalue weighted by molar-refractivity contribution is 0.0913. The second-order valence-corrected chi connectivity index (χ2v) is 7.52. The Labute approximate surface area is 115 Å². The summed E-state index contributed by atoms with van der Waals surface area (Å²) in [6.45, 7) is 12.3. The van der Waals surface area contributed by atoms with Crippen LogP contribution in [0.4, 0.5) is 0 Å². The zero-order valence-corrected chi connectivity index (χ0v) is 12.9. The van der Waals surface area contributed by atoms with Gasteiger partial charge < -0.3 is 5.32 Å². The Kier molecular flexibility index (Phi) is 3.23. The summed E-state index contributed by atoms with van der Waals surface area (Å²) in [7, 11) is 0. The minimum Gasteiger partial charge on any atom is -0.346 e. The van der Waals surface area contributed by atoms with Gasteiger partial charge in [-0.05, 0) is 60.5 Å². The van der Waals surface area contributed by atoms with Crippen molar-refractivity contribution >= 4 is 5.91 Å². The van der Waals surface area contributed by atoms with Crippen molar-refractivity contribution in [2.24, 2.45) is 0 Å². The van der Waals surface area contributed by atoms with Crippen LogP contribution in [0.3, 0.4) is 0 Å². The molecule has 0 unspecified atom stereocenters. The van der Waals surface area contributed by atoms with E-state index in [0.29, 0.717) is 11.6 Å². The van der Waals surface area contributed by atoms with Crippen molar-refractivity contribution in [3.05, 3.63) is 17.5 Å². The van der Waals surface area contributed by atoms with Gasteiger partial charge in [-0.15, -0.1) is 0 Å². The molecule has 1 aliphatic rings. The van der Waals surface area contributed by atoms with Crippen LogP contribution in [0.15, 0.2) is 6.07 Å². The highest BCUT2D eigenvalue weighted by Crippen LogP contribution is 2.41. The molecule has 0 bridgehead atoms. The quantitative estimate of drug-likeness (QED) is 0.891. The van der Waals surface area contributed by atoms with Crippen LogP contribution in [-0.2, 0) is 5.54 Å². The molecule has 4 heteroatoms. The van der Waals surface area contributed by atoms with Crippen molar-refractivity contribution < 1.29 is 4.79 Å². The second kappa shape index (κ2) is 4.36. The van der Waals surface area contributed by atoms with E-state index in [0.717, 1.165) is 0 Å². The standard InChI is InChI=1S/C15H25N3O/c1-14(2,3)16-13(19)11-9-12(10-7-8-10)18(17-11)15(4,5)6/h9-10H,7-8H2,1-6H3,(H,16,19). The lowest BCUT2D eigenvalue weighted by Gasteiger charge is -2.22. The van der Waals surface area contributed by atoms with Crippen molar-refractivity contribution in [1.29, 1.82) is 0 Å². The fraction of sp³-hybridized carbons (Fsp3) is 0.733. The van der Waals surface area contributed by atoms with Crippen molar-refractivity contribution in [2.45, 2.75) is 71.4 Å². The Bertz CT molecular complexity index is 484. The Morgan fingerprint density at radius 2 is 1.84 bits per heavy atom. The summed E-state index contributed by atoms with van der Waals surface area (Å²) in [6, 6.07) is 1.96. The molecule has 0 saturated heterocycles. The molecule has 1 aromatic heterocycles. The highest BCUT2D eigenvalue weighted by Gasteiger charge is 2.32. The van der Waals surface area contributed by atoms with Crippen molar-refractivity contribution in [3.63, 3.8) is 0 Å². The minimum absolute atomic E-state index is 0.0851. The molecule has 2 rings (SSSR count). The number of rotatable bonds is 2. The Morgan fingerprint density at radius 3 is 2.26 bits per heavy atom. The maximum Gasteiger partial charge on any atom is 0.272 e. The van der Waals surface area contributed by atoms with Crippen molar-refractivity contribution in [3.8, 4) is 0 Å². The topological polar surface area (TPSA) is 46.9 Å². The summed E-state index contributed by atoms with van der Waals surface area (Å²) in [5.74, 6) is 0.500. The fourth-order valence-corrected chi connectivity index (χ4v) is 2.12. The van der Waals surface area contributed by atoms with Gasteiger partial charge in [-0.1, -0.05) is 0 Å². The molecule has 4 nitrogen and oxygen atoms in total. The predicted octanol–water partition coefficient (Wildman–Crippen LogP) is 3.04. The first-order valence-corrected chi connectivity index (χ1v) is 7.01. The highest BCUT2D eigenvalue weighted by atomic mass is 16.2. The van der Waals surface area contributed by atoms with E-state index in [1.165, 1.54) is 18.5 Å². The van der Waals surface area contributed by atoms with Crippen LogP contribution < -0.4 is 5.32 Å². The molecule has 1 saturated carbocycles. The van der Waals surface area contributed by atoms with Gasteiger partial charge in [-0.2, -0.15) is 5.10 Å². The summed E-state index contributed by atoms with van der Waals surface area (Å²) < 4.78 is 2.02. The molecular weight excluding hydrogens is 238 g/mol. The van der Waals surface area contributed by atoms with Crippen LogP contribution in [0, 0.1) is 0 Å². The Morgan fingerprint density at radius 1 is 1.26 bits per heavy atom. The van der Waals surface area contributed by atoms with Gasteiger partial charge >= 0.3 is 0 Å². The van der Waals surface area contributed by atoms with Gasteiger partial charge in [0.25, 0.3) is 5.91 Å². The third-order valence-electron chi connectivity index (χ3n) is 3.09. The van der Waals surface area contributed by atoms with Gasteiger partial charge in [-0.3, -0.25) is 9.48 Å². The number of aromatic nitrogens is 2. The molecule has 0 aromatic carbocycles. The molecule has 1 N–H and O–H groups in total. The van der Waals surface area contributed by atoms with Crippen molar-refractivity contribution in [2.75, 3.05) is 0 Å². The summed E-state index contributed by atoms with van der Waals surface area (Å²) in [5.41, 5.74) is 1.42. The number of nitrogens with zero attached hydrogens (tertiary/aromatic N) is 2. The molecular formula is C15H25N3O. The van der Waals surface area contributed by atoms with Gasteiger partial charge in [0.1, 0.15) is 5.69 Å². The first kappa shape index (κ1) is 14.1. The lowest BCUT2D eigenvalue weighted by Crippen LogP contribution is -2.40. The van der Waals surface area contributed by atoms with Gasteiger partial charge in [-0.25, -0.2) is 0 Å². The monoisotopic (exact) mass is 263 g/mol. The molecule has 1 aromatic rings. The number of nitrogens with one attached hydrogen (secondary N) is 1. The Balaban J connectivity index is 2.30. The van der Waals surface area contributed by atoms with Gasteiger partial charge in [0.15, 0.2) is 0 Å². The van der Waals surface area contributed by atoms with Gasteiger partial charge in [0.2, 0.25) is 0 Å². The molecule has 19 heavy (non-hydrogen) atoms. The van der Waals surface area contributed by atoms with E-state index in [-0.39, 0.29) is 17.0 Å². The number of carbonyl (C=O) groups is 1. The SMILES string of the molecule is CC(C)(C)NC(=O)c1cc(C2CC2)n(C(C)(C)C)n1. The van der Waals surface area contributed by atoms with E-state index < -0.39 is 0 Å². The van der Waals surface area contributed by atoms with Crippen LogP contribution in [0.25, 0.3) is 0 Å². The molecule has 1 amide bonds. The fourth-order valence-electron chi connectivity index (χ4n) is 2.12. The molecule has 1 aliphatic carbocycles. The van der Waals surface area contributed by atoms with Crippen LogP contribution >= 0.6 is 0 Å². The largest absolute Gasteiger partial charge is 0.346 e. The van der Waals surface area contributed by atoms with E-state index in [9.17, 15) is 4.79 Å². The maximum atomic E-state index is 12.2. The zero-order chi connectivity index (χ0) is 14.4. The van der Waals surface area contributed by atoms with E-state index >= 15 is 0 Å². The third kappa shape index (κ3) is 3.37. The highest BCUT2D eigenvalue weighted by molar-refractivity contribution is 5.92. The van der Waals surface area contributed by atoms with Crippen molar-refractivity contribution in [1.82, 2.24) is 15.1 Å². The maximum absolute atomic E-state index is 12.2. The van der Waals surface area contributed by atoms with Gasteiger partial charge in [0.05, 0.1) is 5.54 Å². The molecule has 106 valence electrons. The normalized spacial score (nSPS) is 16.5. The molecule has 0 radical (unpaired) electrons. The van der Waals surface area contributed by atoms with Crippen LogP contribution in [0.2, 0.25) is 0 Å². The first-order chi connectivity index (χ1) is 8.58. The van der Waals surface area contributed by atoms with E-state index in [4.69, 9.17) is 0 Å². The number of hydrogen-bond donors (Lipinski definition) is 1. The molecule has 0 spiro atoms. The number of carbonyl (C=O) groups excluding carboxylic acids is 1. The lowest BCUT2D eigenvalue weighted by atomic mass is 10.1. The third-order valence-corrected chi connectivity index (χ3v) is 3.09. The molecule has 0 atom stereocenters. The molecule has 1 heterocycles. The van der Waals surface area contributed by atoms with E-state index in [2.05, 4.69) is 31.2 Å². The Hall–Kier alpha value is -1.32. The van der Waals surface area contributed by atoms with E-state index in [1.54, 1.807) is 0 Å². The van der Waals surface area contributed by atoms with Crippen LogP contribution in [0.5, 0.6) is 0 Å². The van der Waals surface area contributed by atoms with Gasteiger partial charge in [0, 0.05) is 17.2 Å². The second-order valence-electron chi connectivity index (χ2n) is 7.52. The molecule has 1 fully saturated rings. The minimum atomic E-state index is -0.234. The smallest absolute Gasteiger partial charge is 0.272 e. The average Bonchev–Trinajstić information content (AvgIpc) is 2.92.